The third-order valence-corrected chi connectivity index (χ3v) is 5.07. The minimum atomic E-state index is -3.52. The molecule has 8 heteroatoms. The second-order valence-electron chi connectivity index (χ2n) is 4.83. The van der Waals surface area contributed by atoms with Crippen molar-refractivity contribution in [3.63, 3.8) is 0 Å². The first kappa shape index (κ1) is 15.7. The Kier molecular flexibility index (Phi) is 4.81. The first-order valence-electron chi connectivity index (χ1n) is 6.49. The average Bonchev–Trinajstić information content (AvgIpc) is 2.37. The van der Waals surface area contributed by atoms with Gasteiger partial charge in [-0.05, 0) is 24.3 Å². The van der Waals surface area contributed by atoms with Crippen LogP contribution < -0.4 is 4.74 Å². The maximum atomic E-state index is 12.2. The molecule has 0 atom stereocenters. The summed E-state index contributed by atoms with van der Waals surface area (Å²) in [6.07, 6.45) is -0.115. The normalized spacial score (nSPS) is 16.4. The largest absolute Gasteiger partial charge is 0.493 e. The third kappa shape index (κ3) is 3.72. The Hall–Kier alpha value is -1.64. The topological polar surface area (TPSA) is 104 Å². The fourth-order valence-electron chi connectivity index (χ4n) is 1.95. The van der Waals surface area contributed by atoms with Crippen molar-refractivity contribution in [2.75, 3.05) is 26.3 Å². The first-order chi connectivity index (χ1) is 9.93. The molecule has 1 aliphatic heterocycles. The highest BCUT2D eigenvalue weighted by molar-refractivity contribution is 7.89. The Morgan fingerprint density at radius 3 is 2.43 bits per heavy atom. The number of carbonyl (C=O) groups is 1. The second-order valence-corrected chi connectivity index (χ2v) is 6.77. The van der Waals surface area contributed by atoms with Crippen LogP contribution in [0.25, 0.3) is 0 Å². The van der Waals surface area contributed by atoms with Crippen molar-refractivity contribution in [1.82, 2.24) is 4.31 Å². The standard InChI is InChI=1S/C13H17NO6S/c15-9-10-7-14(8-10)21(18,19)12-3-1-11(2-4-12)20-6-5-13(16)17/h1-4,10,15H,5-9H2,(H,16,17). The van der Waals surface area contributed by atoms with Crippen molar-refractivity contribution in [2.45, 2.75) is 11.3 Å². The van der Waals surface area contributed by atoms with Gasteiger partial charge in [0.25, 0.3) is 0 Å². The van der Waals surface area contributed by atoms with E-state index in [1.165, 1.54) is 28.6 Å². The van der Waals surface area contributed by atoms with Gasteiger partial charge in [-0.15, -0.1) is 0 Å². The number of nitrogens with zero attached hydrogens (tertiary/aromatic N) is 1. The van der Waals surface area contributed by atoms with Gasteiger partial charge in [0.2, 0.25) is 10.0 Å². The summed E-state index contributed by atoms with van der Waals surface area (Å²) in [5, 5.41) is 17.4. The molecular formula is C13H17NO6S. The van der Waals surface area contributed by atoms with E-state index in [0.29, 0.717) is 18.8 Å². The monoisotopic (exact) mass is 315 g/mol. The van der Waals surface area contributed by atoms with Gasteiger partial charge < -0.3 is 14.9 Å². The van der Waals surface area contributed by atoms with Crippen molar-refractivity contribution < 1.29 is 28.2 Å². The summed E-state index contributed by atoms with van der Waals surface area (Å²) in [5.74, 6) is -0.518. The predicted octanol–water partition coefficient (Wildman–Crippen LogP) is 0.153. The number of rotatable bonds is 7. The van der Waals surface area contributed by atoms with Gasteiger partial charge in [-0.3, -0.25) is 4.79 Å². The first-order valence-corrected chi connectivity index (χ1v) is 7.93. The highest BCUT2D eigenvalue weighted by Gasteiger charge is 2.36. The van der Waals surface area contributed by atoms with E-state index in [4.69, 9.17) is 14.9 Å². The molecule has 0 aromatic heterocycles. The molecule has 1 fully saturated rings. The van der Waals surface area contributed by atoms with E-state index in [0.717, 1.165) is 0 Å². The zero-order chi connectivity index (χ0) is 15.5. The summed E-state index contributed by atoms with van der Waals surface area (Å²) in [5.41, 5.74) is 0. The van der Waals surface area contributed by atoms with E-state index >= 15 is 0 Å². The van der Waals surface area contributed by atoms with Crippen molar-refractivity contribution in [1.29, 1.82) is 0 Å². The number of aliphatic hydroxyl groups is 1. The number of aliphatic hydroxyl groups excluding tert-OH is 1. The van der Waals surface area contributed by atoms with Crippen LogP contribution in [0.4, 0.5) is 0 Å². The summed E-state index contributed by atoms with van der Waals surface area (Å²) >= 11 is 0. The Morgan fingerprint density at radius 2 is 1.90 bits per heavy atom. The van der Waals surface area contributed by atoms with Crippen molar-refractivity contribution in [3.05, 3.63) is 24.3 Å². The lowest BCUT2D eigenvalue weighted by molar-refractivity contribution is -0.137. The summed E-state index contributed by atoms with van der Waals surface area (Å²) in [7, 11) is -3.52. The minimum Gasteiger partial charge on any atom is -0.493 e. The van der Waals surface area contributed by atoms with Gasteiger partial charge in [0.1, 0.15) is 5.75 Å². The molecule has 21 heavy (non-hydrogen) atoms. The highest BCUT2D eigenvalue weighted by atomic mass is 32.2. The zero-order valence-electron chi connectivity index (χ0n) is 11.3. The number of ether oxygens (including phenoxy) is 1. The van der Waals surface area contributed by atoms with Crippen molar-refractivity contribution in [3.8, 4) is 5.75 Å². The molecule has 7 nitrogen and oxygen atoms in total. The maximum absolute atomic E-state index is 12.2. The van der Waals surface area contributed by atoms with Gasteiger partial charge >= 0.3 is 5.97 Å². The van der Waals surface area contributed by atoms with Crippen LogP contribution >= 0.6 is 0 Å². The van der Waals surface area contributed by atoms with Crippen LogP contribution in [-0.4, -0.2) is 55.2 Å². The second kappa shape index (κ2) is 6.42. The fraction of sp³-hybridized carbons (Fsp3) is 0.462. The van der Waals surface area contributed by atoms with E-state index in [9.17, 15) is 13.2 Å². The smallest absolute Gasteiger partial charge is 0.306 e. The van der Waals surface area contributed by atoms with Crippen LogP contribution in [0.15, 0.2) is 29.2 Å². The molecule has 0 unspecified atom stereocenters. The highest BCUT2D eigenvalue weighted by Crippen LogP contribution is 2.26. The van der Waals surface area contributed by atoms with Gasteiger partial charge in [0.05, 0.1) is 17.9 Å². The lowest BCUT2D eigenvalue weighted by Gasteiger charge is -2.36. The van der Waals surface area contributed by atoms with Gasteiger partial charge in [-0.2, -0.15) is 4.31 Å². The number of hydrogen-bond donors (Lipinski definition) is 2. The van der Waals surface area contributed by atoms with E-state index in [-0.39, 0.29) is 30.4 Å². The summed E-state index contributed by atoms with van der Waals surface area (Å²) in [4.78, 5) is 10.5. The number of aliphatic carboxylic acids is 1. The number of carboxylic acid groups (broad SMARTS) is 1. The SMILES string of the molecule is O=C(O)CCOc1ccc(S(=O)(=O)N2CC(CO)C2)cc1. The van der Waals surface area contributed by atoms with Gasteiger partial charge in [-0.25, -0.2) is 8.42 Å². The lowest BCUT2D eigenvalue weighted by atomic mass is 10.1. The Bertz CT molecular complexity index is 592. The van der Waals surface area contributed by atoms with E-state index in [1.54, 1.807) is 0 Å². The molecule has 1 aromatic carbocycles. The molecule has 0 amide bonds. The van der Waals surface area contributed by atoms with Crippen molar-refractivity contribution >= 4 is 16.0 Å². The quantitative estimate of drug-likeness (QED) is 0.742. The molecule has 2 N–H and O–H groups in total. The molecule has 0 aliphatic carbocycles. The molecular weight excluding hydrogens is 298 g/mol. The van der Waals surface area contributed by atoms with Crippen LogP contribution in [0.1, 0.15) is 6.42 Å². The molecule has 2 rings (SSSR count). The summed E-state index contributed by atoms with van der Waals surface area (Å²) in [6.45, 7) is 0.680. The number of hydrogen-bond acceptors (Lipinski definition) is 5. The van der Waals surface area contributed by atoms with E-state index in [1.807, 2.05) is 0 Å². The predicted molar refractivity (Wildman–Crippen MR) is 73.5 cm³/mol. The summed E-state index contributed by atoms with van der Waals surface area (Å²) in [6, 6.07) is 5.85. The molecule has 0 radical (unpaired) electrons. The molecule has 1 saturated heterocycles. The fourth-order valence-corrected chi connectivity index (χ4v) is 3.54. The molecule has 1 aromatic rings. The number of carboxylic acids is 1. The maximum Gasteiger partial charge on any atom is 0.306 e. The van der Waals surface area contributed by atoms with Crippen LogP contribution in [0.2, 0.25) is 0 Å². The van der Waals surface area contributed by atoms with Gasteiger partial charge in [0, 0.05) is 25.6 Å². The number of sulfonamides is 1. The van der Waals surface area contributed by atoms with Gasteiger partial charge in [0.15, 0.2) is 0 Å². The molecule has 1 aliphatic rings. The Morgan fingerprint density at radius 1 is 1.29 bits per heavy atom. The Labute approximate surface area is 122 Å². The van der Waals surface area contributed by atoms with E-state index < -0.39 is 16.0 Å². The van der Waals surface area contributed by atoms with Crippen LogP contribution in [-0.2, 0) is 14.8 Å². The average molecular weight is 315 g/mol. The third-order valence-electron chi connectivity index (χ3n) is 3.23. The lowest BCUT2D eigenvalue weighted by Crippen LogP contribution is -2.51. The summed E-state index contributed by atoms with van der Waals surface area (Å²) < 4.78 is 30.9. The zero-order valence-corrected chi connectivity index (χ0v) is 12.1. The van der Waals surface area contributed by atoms with Crippen molar-refractivity contribution in [2.24, 2.45) is 5.92 Å². The van der Waals surface area contributed by atoms with Crippen LogP contribution in [0.5, 0.6) is 5.75 Å². The molecule has 0 saturated carbocycles. The molecule has 0 bridgehead atoms. The number of benzene rings is 1. The van der Waals surface area contributed by atoms with E-state index in [2.05, 4.69) is 0 Å². The van der Waals surface area contributed by atoms with Gasteiger partial charge in [-0.1, -0.05) is 0 Å². The van der Waals surface area contributed by atoms with Crippen LogP contribution in [0.3, 0.4) is 0 Å². The molecule has 0 spiro atoms. The van der Waals surface area contributed by atoms with Crippen LogP contribution in [0, 0.1) is 5.92 Å². The Balaban J connectivity index is 1.97. The minimum absolute atomic E-state index is 0.0115. The molecule has 116 valence electrons. The molecule has 1 heterocycles.